The first-order chi connectivity index (χ1) is 19.9. The number of halogens is 6. The molecule has 1 aliphatic carbocycles. The Morgan fingerprint density at radius 3 is 2.44 bits per heavy atom. The van der Waals surface area contributed by atoms with Crippen molar-refractivity contribution >= 4 is 38.9 Å². The Bertz CT molecular complexity index is 1600. The Kier molecular flexibility index (Phi) is 9.55. The number of nitrogens with one attached hydrogen (secondary N) is 1. The number of aliphatic carboxylic acids is 1. The van der Waals surface area contributed by atoms with Gasteiger partial charge < -0.3 is 9.52 Å². The summed E-state index contributed by atoms with van der Waals surface area (Å²) >= 11 is 7.12. The third-order valence-corrected chi connectivity index (χ3v) is 10.4. The minimum absolute atomic E-state index is 0.0305. The Hall–Kier alpha value is -2.69. The summed E-state index contributed by atoms with van der Waals surface area (Å²) in [6.45, 7) is 3.55. The predicted octanol–water partition coefficient (Wildman–Crippen LogP) is 7.07. The van der Waals surface area contributed by atoms with Gasteiger partial charge in [-0.05, 0) is 39.2 Å². The first-order valence-electron chi connectivity index (χ1n) is 13.2. The number of carbonyl (C=O) groups is 1. The molecule has 17 heteroatoms. The lowest BCUT2D eigenvalue weighted by molar-refractivity contribution is -0.147. The number of sulfonamides is 1. The maximum absolute atomic E-state index is 14.5. The largest absolute Gasteiger partial charge is 0.481 e. The van der Waals surface area contributed by atoms with Gasteiger partial charge in [-0.25, -0.2) is 22.2 Å². The lowest BCUT2D eigenvalue weighted by Gasteiger charge is -2.19. The number of carboxylic acid groups (broad SMARTS) is 1. The molecular weight excluding hydrogens is 643 g/mol. The average Bonchev–Trinajstić information content (AvgIpc) is 3.64. The number of hydrogen-bond acceptors (Lipinski definition) is 8. The van der Waals surface area contributed by atoms with Gasteiger partial charge in [-0.1, -0.05) is 43.4 Å². The van der Waals surface area contributed by atoms with Crippen molar-refractivity contribution in [2.75, 3.05) is 0 Å². The van der Waals surface area contributed by atoms with Crippen LogP contribution in [0.5, 0.6) is 0 Å². The molecule has 0 amide bonds. The van der Waals surface area contributed by atoms with Crippen LogP contribution in [0.3, 0.4) is 0 Å². The second-order valence-electron chi connectivity index (χ2n) is 11.0. The number of carboxylic acids is 1. The molecule has 43 heavy (non-hydrogen) atoms. The van der Waals surface area contributed by atoms with Crippen molar-refractivity contribution in [2.24, 2.45) is 11.3 Å². The van der Waals surface area contributed by atoms with Crippen LogP contribution in [-0.4, -0.2) is 46.9 Å². The molecule has 1 unspecified atom stereocenters. The van der Waals surface area contributed by atoms with Crippen LogP contribution in [0.2, 0.25) is 5.02 Å². The van der Waals surface area contributed by atoms with E-state index < -0.39 is 55.5 Å². The molecule has 4 rings (SSSR count). The Labute approximate surface area is 252 Å². The maximum Gasteiger partial charge on any atom is 0.404 e. The van der Waals surface area contributed by atoms with Gasteiger partial charge >= 0.3 is 12.1 Å². The van der Waals surface area contributed by atoms with Crippen LogP contribution in [0.1, 0.15) is 70.0 Å². The normalized spacial score (nSPS) is 15.9. The van der Waals surface area contributed by atoms with E-state index in [1.54, 1.807) is 0 Å². The zero-order valence-electron chi connectivity index (χ0n) is 23.1. The van der Waals surface area contributed by atoms with Crippen molar-refractivity contribution in [2.45, 2.75) is 82.8 Å². The minimum atomic E-state index is -4.94. The summed E-state index contributed by atoms with van der Waals surface area (Å²) in [7, 11) is -4.94. The Morgan fingerprint density at radius 1 is 1.21 bits per heavy atom. The predicted molar refractivity (Wildman–Crippen MR) is 147 cm³/mol. The fourth-order valence-electron chi connectivity index (χ4n) is 4.70. The van der Waals surface area contributed by atoms with Crippen LogP contribution in [0, 0.1) is 11.3 Å². The quantitative estimate of drug-likeness (QED) is 0.207. The molecule has 0 spiro atoms. The maximum atomic E-state index is 14.5. The summed E-state index contributed by atoms with van der Waals surface area (Å²) in [6.07, 6.45) is -4.11. The molecule has 1 aliphatic rings. The van der Waals surface area contributed by atoms with Gasteiger partial charge in [-0.15, -0.1) is 21.5 Å². The first kappa shape index (κ1) is 33.2. The summed E-state index contributed by atoms with van der Waals surface area (Å²) < 4.78 is 101. The number of aromatic nitrogens is 3. The van der Waals surface area contributed by atoms with E-state index >= 15 is 0 Å². The first-order valence-corrected chi connectivity index (χ1v) is 15.8. The molecule has 9 nitrogen and oxygen atoms in total. The van der Waals surface area contributed by atoms with E-state index in [0.29, 0.717) is 19.0 Å². The van der Waals surface area contributed by atoms with Gasteiger partial charge in [0.1, 0.15) is 10.9 Å². The fourth-order valence-corrected chi connectivity index (χ4v) is 7.62. The number of nitrogens with zero attached hydrogens (tertiary/aromatic N) is 3. The van der Waals surface area contributed by atoms with Crippen LogP contribution >= 0.6 is 22.9 Å². The van der Waals surface area contributed by atoms with Crippen LogP contribution in [0.4, 0.5) is 22.0 Å². The third kappa shape index (κ3) is 7.35. The zero-order valence-corrected chi connectivity index (χ0v) is 25.5. The number of rotatable bonds is 11. The molecule has 0 radical (unpaired) electrons. The molecule has 0 bridgehead atoms. The molecule has 1 fully saturated rings. The fraction of sp³-hybridized carbons (Fsp3) is 0.538. The molecule has 0 saturated heterocycles. The van der Waals surface area contributed by atoms with Gasteiger partial charge in [0.25, 0.3) is 12.3 Å². The van der Waals surface area contributed by atoms with Crippen LogP contribution < -0.4 is 4.72 Å². The number of alkyl halides is 5. The summed E-state index contributed by atoms with van der Waals surface area (Å²) in [5.41, 5.74) is -1.80. The second-order valence-corrected chi connectivity index (χ2v) is 14.1. The number of benzene rings is 1. The third-order valence-electron chi connectivity index (χ3n) is 7.20. The number of thiazole rings is 1. The molecular formula is C26H28ClF5N4O5S2. The Balaban J connectivity index is 1.80. The highest BCUT2D eigenvalue weighted by Gasteiger charge is 2.40. The van der Waals surface area contributed by atoms with Crippen molar-refractivity contribution in [3.63, 3.8) is 0 Å². The minimum Gasteiger partial charge on any atom is -0.481 e. The smallest absolute Gasteiger partial charge is 0.404 e. The van der Waals surface area contributed by atoms with E-state index in [0.717, 1.165) is 49.2 Å². The van der Waals surface area contributed by atoms with E-state index in [9.17, 15) is 40.3 Å². The van der Waals surface area contributed by atoms with Gasteiger partial charge in [-0.2, -0.15) is 17.9 Å². The highest BCUT2D eigenvalue weighted by Crippen LogP contribution is 2.45. The molecule has 2 aromatic heterocycles. The van der Waals surface area contributed by atoms with Gasteiger partial charge in [0.2, 0.25) is 15.9 Å². The van der Waals surface area contributed by atoms with Crippen molar-refractivity contribution in [1.29, 1.82) is 0 Å². The SMILES string of the molecule is CC(NS(=O)(=O)c1ccc(-c2sc(-c3nnc(CC(C)(C)C(=O)O)o3)nc2CC2CCCC2)c(C(F)F)c1Cl)C(F)(F)F. The lowest BCUT2D eigenvalue weighted by Crippen LogP contribution is -2.43. The van der Waals surface area contributed by atoms with E-state index in [2.05, 4.69) is 15.2 Å². The highest BCUT2D eigenvalue weighted by molar-refractivity contribution is 7.89. The van der Waals surface area contributed by atoms with Crippen LogP contribution in [-0.2, 0) is 27.7 Å². The van der Waals surface area contributed by atoms with E-state index in [-0.39, 0.29) is 39.6 Å². The molecule has 2 heterocycles. The van der Waals surface area contributed by atoms with Gasteiger partial charge in [0.05, 0.1) is 21.0 Å². The molecule has 1 atom stereocenters. The second kappa shape index (κ2) is 12.4. The van der Waals surface area contributed by atoms with Gasteiger partial charge in [0.15, 0.2) is 5.01 Å². The molecule has 236 valence electrons. The topological polar surface area (TPSA) is 135 Å². The summed E-state index contributed by atoms with van der Waals surface area (Å²) in [6, 6.07) is -0.540. The molecule has 1 saturated carbocycles. The molecule has 3 aromatic rings. The molecule has 1 aromatic carbocycles. The van der Waals surface area contributed by atoms with E-state index in [4.69, 9.17) is 16.0 Å². The Morgan fingerprint density at radius 2 is 1.86 bits per heavy atom. The van der Waals surface area contributed by atoms with Crippen molar-refractivity contribution < 1.29 is 44.7 Å². The lowest BCUT2D eigenvalue weighted by atomic mass is 9.90. The van der Waals surface area contributed by atoms with Gasteiger partial charge in [-0.3, -0.25) is 4.79 Å². The zero-order chi connectivity index (χ0) is 31.9. The molecule has 0 aliphatic heterocycles. The van der Waals surface area contributed by atoms with Gasteiger partial charge in [0, 0.05) is 17.5 Å². The monoisotopic (exact) mass is 670 g/mol. The van der Waals surface area contributed by atoms with E-state index in [1.165, 1.54) is 18.6 Å². The molecule has 2 N–H and O–H groups in total. The summed E-state index contributed by atoms with van der Waals surface area (Å²) in [5, 5.41) is 16.5. The van der Waals surface area contributed by atoms with Crippen LogP contribution in [0.15, 0.2) is 21.4 Å². The van der Waals surface area contributed by atoms with E-state index in [1.807, 2.05) is 0 Å². The van der Waals surface area contributed by atoms with Crippen LogP contribution in [0.25, 0.3) is 21.3 Å². The number of hydrogen-bond donors (Lipinski definition) is 2. The highest BCUT2D eigenvalue weighted by atomic mass is 35.5. The van der Waals surface area contributed by atoms with Crippen molar-refractivity contribution in [3.05, 3.63) is 34.3 Å². The van der Waals surface area contributed by atoms with Crippen molar-refractivity contribution in [1.82, 2.24) is 19.9 Å². The summed E-state index contributed by atoms with van der Waals surface area (Å²) in [5.74, 6) is -0.897. The summed E-state index contributed by atoms with van der Waals surface area (Å²) in [4.78, 5) is 15.4. The average molecular weight is 671 g/mol. The standard InChI is InChI=1S/C26H28ClF5N4O5S2/c1-12(26(30,31)32)36-43(39,40)16-9-8-14(18(19(16)27)21(28)29)20-15(10-13-6-4-5-7-13)33-23(42-20)22-35-34-17(41-22)11-25(2,3)24(37)38/h8-9,12-13,21,36H,4-7,10-11H2,1-3H3,(H,37,38). The van der Waals surface area contributed by atoms with Crippen molar-refractivity contribution in [3.8, 4) is 21.3 Å².